The Morgan fingerprint density at radius 3 is 2.86 bits per heavy atom. The number of anilines is 1. The number of esters is 1. The first-order valence-corrected chi connectivity index (χ1v) is 7.58. The third kappa shape index (κ3) is 3.69. The van der Waals surface area contributed by atoms with Crippen molar-refractivity contribution < 1.29 is 14.3 Å². The molecule has 0 atom stereocenters. The van der Waals surface area contributed by atoms with Crippen LogP contribution in [0.4, 0.5) is 5.69 Å². The van der Waals surface area contributed by atoms with E-state index in [4.69, 9.17) is 10.5 Å². The molecule has 0 fully saturated rings. The molecule has 1 amide bonds. The Morgan fingerprint density at radius 1 is 1.41 bits per heavy atom. The fourth-order valence-electron chi connectivity index (χ4n) is 1.88. The highest BCUT2D eigenvalue weighted by atomic mass is 32.1. The van der Waals surface area contributed by atoms with Crippen LogP contribution in [-0.4, -0.2) is 30.5 Å². The van der Waals surface area contributed by atoms with Crippen LogP contribution in [0.2, 0.25) is 0 Å². The van der Waals surface area contributed by atoms with Crippen molar-refractivity contribution in [2.75, 3.05) is 19.0 Å². The van der Waals surface area contributed by atoms with E-state index in [9.17, 15) is 9.59 Å². The number of benzene rings is 1. The van der Waals surface area contributed by atoms with Crippen molar-refractivity contribution in [2.24, 2.45) is 5.73 Å². The molecule has 0 aliphatic carbocycles. The lowest BCUT2D eigenvalue weighted by molar-refractivity contribution is 0.0599. The van der Waals surface area contributed by atoms with E-state index >= 15 is 0 Å². The van der Waals surface area contributed by atoms with Gasteiger partial charge in [0.2, 0.25) is 0 Å². The van der Waals surface area contributed by atoms with Crippen LogP contribution in [-0.2, 0) is 11.2 Å². The summed E-state index contributed by atoms with van der Waals surface area (Å²) in [7, 11) is 1.32. The van der Waals surface area contributed by atoms with Gasteiger partial charge in [-0.2, -0.15) is 0 Å². The van der Waals surface area contributed by atoms with Gasteiger partial charge < -0.3 is 15.8 Å². The maximum atomic E-state index is 12.2. The molecule has 0 unspecified atom stereocenters. The molecule has 0 bridgehead atoms. The smallest absolute Gasteiger partial charge is 0.338 e. The molecule has 22 heavy (non-hydrogen) atoms. The molecule has 0 aliphatic heterocycles. The molecule has 1 aromatic carbocycles. The minimum atomic E-state index is -0.438. The number of nitrogens with two attached hydrogens (primary N) is 1. The van der Waals surface area contributed by atoms with E-state index in [0.29, 0.717) is 29.9 Å². The highest BCUT2D eigenvalue weighted by Gasteiger charge is 2.14. The first-order chi connectivity index (χ1) is 10.5. The minimum absolute atomic E-state index is 0.320. The van der Waals surface area contributed by atoms with Crippen LogP contribution >= 0.6 is 11.3 Å². The summed E-state index contributed by atoms with van der Waals surface area (Å²) in [6.45, 7) is 2.30. The lowest BCUT2D eigenvalue weighted by Gasteiger charge is -2.08. The predicted octanol–water partition coefficient (Wildman–Crippen LogP) is 1.99. The van der Waals surface area contributed by atoms with Gasteiger partial charge in [-0.15, -0.1) is 11.3 Å². The fraction of sp³-hybridized carbons (Fsp3) is 0.267. The lowest BCUT2D eigenvalue weighted by atomic mass is 10.1. The molecule has 0 saturated carbocycles. The first-order valence-electron chi connectivity index (χ1n) is 6.70. The predicted molar refractivity (Wildman–Crippen MR) is 85.3 cm³/mol. The van der Waals surface area contributed by atoms with E-state index in [1.165, 1.54) is 18.4 Å². The van der Waals surface area contributed by atoms with Gasteiger partial charge in [0.25, 0.3) is 5.91 Å². The number of methoxy groups -OCH3 is 1. The number of amides is 1. The van der Waals surface area contributed by atoms with Crippen LogP contribution in [0.15, 0.2) is 23.6 Å². The van der Waals surface area contributed by atoms with Crippen LogP contribution in [0.3, 0.4) is 0 Å². The Morgan fingerprint density at radius 2 is 2.18 bits per heavy atom. The Hall–Kier alpha value is -2.25. The molecule has 2 aromatic rings. The molecular formula is C15H17N3O3S. The molecular weight excluding hydrogens is 302 g/mol. The Bertz CT molecular complexity index is 697. The first kappa shape index (κ1) is 16.1. The SMILES string of the molecule is COC(=O)c1cc(NC(=O)c2csc(CCN)n2)ccc1C. The number of aromatic nitrogens is 1. The van der Waals surface area contributed by atoms with Crippen molar-refractivity contribution >= 4 is 28.9 Å². The summed E-state index contributed by atoms with van der Waals surface area (Å²) in [4.78, 5) is 28.0. The number of nitrogens with one attached hydrogen (secondary N) is 1. The topological polar surface area (TPSA) is 94.3 Å². The molecule has 6 nitrogen and oxygen atoms in total. The van der Waals surface area contributed by atoms with Gasteiger partial charge in [0, 0.05) is 17.5 Å². The molecule has 0 spiro atoms. The van der Waals surface area contributed by atoms with E-state index in [1.807, 2.05) is 0 Å². The van der Waals surface area contributed by atoms with Crippen molar-refractivity contribution in [3.63, 3.8) is 0 Å². The number of rotatable bonds is 5. The second-order valence-electron chi connectivity index (χ2n) is 4.64. The molecule has 116 valence electrons. The highest BCUT2D eigenvalue weighted by Crippen LogP contribution is 2.18. The quantitative estimate of drug-likeness (QED) is 0.822. The number of carbonyl (C=O) groups is 2. The number of aryl methyl sites for hydroxylation is 1. The van der Waals surface area contributed by atoms with E-state index < -0.39 is 5.97 Å². The lowest BCUT2D eigenvalue weighted by Crippen LogP contribution is -2.14. The summed E-state index contributed by atoms with van der Waals surface area (Å²) >= 11 is 1.40. The average Bonchev–Trinajstić information content (AvgIpc) is 2.97. The summed E-state index contributed by atoms with van der Waals surface area (Å²) in [6.07, 6.45) is 0.648. The third-order valence-electron chi connectivity index (χ3n) is 3.04. The van der Waals surface area contributed by atoms with E-state index in [2.05, 4.69) is 10.3 Å². The monoisotopic (exact) mass is 319 g/mol. The summed E-state index contributed by atoms with van der Waals surface area (Å²) in [5.74, 6) is -0.758. The largest absolute Gasteiger partial charge is 0.465 e. The molecule has 7 heteroatoms. The van der Waals surface area contributed by atoms with Crippen LogP contribution in [0.5, 0.6) is 0 Å². The van der Waals surface area contributed by atoms with Gasteiger partial charge >= 0.3 is 5.97 Å². The second-order valence-corrected chi connectivity index (χ2v) is 5.58. The second kappa shape index (κ2) is 7.15. The average molecular weight is 319 g/mol. The number of hydrogen-bond donors (Lipinski definition) is 2. The standard InChI is InChI=1S/C15H17N3O3S/c1-9-3-4-10(7-11(9)15(20)21-2)17-14(19)12-8-22-13(18-12)5-6-16/h3-4,7-8H,5-6,16H2,1-2H3,(H,17,19). The number of carbonyl (C=O) groups excluding carboxylic acids is 2. The summed E-state index contributed by atoms with van der Waals surface area (Å²) < 4.78 is 4.72. The molecule has 0 saturated heterocycles. The normalized spacial score (nSPS) is 10.3. The molecule has 0 radical (unpaired) electrons. The summed E-state index contributed by atoms with van der Waals surface area (Å²) in [5.41, 5.74) is 7.52. The van der Waals surface area contributed by atoms with Gasteiger partial charge in [-0.05, 0) is 31.2 Å². The third-order valence-corrected chi connectivity index (χ3v) is 3.95. The van der Waals surface area contributed by atoms with E-state index in [0.717, 1.165) is 10.6 Å². The molecule has 2 rings (SSSR count). The number of ether oxygens (including phenoxy) is 1. The van der Waals surface area contributed by atoms with Crippen LogP contribution in [0, 0.1) is 6.92 Å². The zero-order valence-electron chi connectivity index (χ0n) is 12.4. The van der Waals surface area contributed by atoms with Crippen molar-refractivity contribution in [1.82, 2.24) is 4.98 Å². The van der Waals surface area contributed by atoms with E-state index in [1.54, 1.807) is 30.5 Å². The van der Waals surface area contributed by atoms with Gasteiger partial charge in [-0.1, -0.05) is 6.07 Å². The Kier molecular flexibility index (Phi) is 5.24. The van der Waals surface area contributed by atoms with Crippen molar-refractivity contribution in [3.8, 4) is 0 Å². The maximum absolute atomic E-state index is 12.2. The highest BCUT2D eigenvalue weighted by molar-refractivity contribution is 7.09. The number of hydrogen-bond acceptors (Lipinski definition) is 6. The van der Waals surface area contributed by atoms with E-state index in [-0.39, 0.29) is 5.91 Å². The van der Waals surface area contributed by atoms with Crippen molar-refractivity contribution in [3.05, 3.63) is 45.4 Å². The number of thiazole rings is 1. The minimum Gasteiger partial charge on any atom is -0.465 e. The van der Waals surface area contributed by atoms with Gasteiger partial charge in [-0.25, -0.2) is 9.78 Å². The zero-order chi connectivity index (χ0) is 16.1. The van der Waals surface area contributed by atoms with Crippen molar-refractivity contribution in [2.45, 2.75) is 13.3 Å². The molecule has 3 N–H and O–H groups in total. The summed E-state index contributed by atoms with van der Waals surface area (Å²) in [6, 6.07) is 5.07. The zero-order valence-corrected chi connectivity index (χ0v) is 13.2. The van der Waals surface area contributed by atoms with Crippen LogP contribution in [0.25, 0.3) is 0 Å². The van der Waals surface area contributed by atoms with Crippen molar-refractivity contribution in [1.29, 1.82) is 0 Å². The van der Waals surface area contributed by atoms with Crippen LogP contribution in [0.1, 0.15) is 31.4 Å². The molecule has 0 aliphatic rings. The number of nitrogens with zero attached hydrogens (tertiary/aromatic N) is 1. The maximum Gasteiger partial charge on any atom is 0.338 e. The van der Waals surface area contributed by atoms with Gasteiger partial charge in [0.15, 0.2) is 0 Å². The molecule has 1 heterocycles. The van der Waals surface area contributed by atoms with Gasteiger partial charge in [0.1, 0.15) is 5.69 Å². The fourth-order valence-corrected chi connectivity index (χ4v) is 2.67. The molecule has 1 aromatic heterocycles. The Balaban J connectivity index is 2.15. The summed E-state index contributed by atoms with van der Waals surface area (Å²) in [5, 5.41) is 5.24. The Labute approximate surface area is 132 Å². The van der Waals surface area contributed by atoms with Gasteiger partial charge in [-0.3, -0.25) is 4.79 Å². The van der Waals surface area contributed by atoms with Gasteiger partial charge in [0.05, 0.1) is 17.7 Å². The van der Waals surface area contributed by atoms with Crippen LogP contribution < -0.4 is 11.1 Å².